The lowest BCUT2D eigenvalue weighted by Gasteiger charge is -2.31. The third-order valence-electron chi connectivity index (χ3n) is 14.4. The van der Waals surface area contributed by atoms with Crippen LogP contribution in [0.4, 0.5) is 17.1 Å². The minimum Gasteiger partial charge on any atom is -0.309 e. The molecule has 68 heavy (non-hydrogen) atoms. The maximum absolute atomic E-state index is 2.52. The molecular formula is C66H45NS. The van der Waals surface area contributed by atoms with E-state index < -0.39 is 0 Å². The second kappa shape index (κ2) is 16.2. The molecule has 1 nitrogen and oxygen atoms in total. The summed E-state index contributed by atoms with van der Waals surface area (Å²) in [6.07, 6.45) is 0. The molecule has 0 saturated heterocycles. The lowest BCUT2D eigenvalue weighted by Crippen LogP contribution is -2.22. The van der Waals surface area contributed by atoms with E-state index in [0.717, 1.165) is 28.2 Å². The van der Waals surface area contributed by atoms with E-state index in [1.54, 1.807) is 0 Å². The summed E-state index contributed by atoms with van der Waals surface area (Å²) in [5.74, 6) is 0. The Kier molecular flexibility index (Phi) is 9.56. The van der Waals surface area contributed by atoms with Gasteiger partial charge in [-0.1, -0.05) is 218 Å². The van der Waals surface area contributed by atoms with Crippen LogP contribution < -0.4 is 4.90 Å². The molecule has 0 aliphatic heterocycles. The molecule has 0 bridgehead atoms. The van der Waals surface area contributed by atoms with Crippen LogP contribution in [0.1, 0.15) is 23.6 Å². The zero-order valence-electron chi connectivity index (χ0n) is 37.6. The van der Waals surface area contributed by atoms with Crippen LogP contribution in [0.5, 0.6) is 0 Å². The summed E-state index contributed by atoms with van der Waals surface area (Å²) in [4.78, 5) is 2.52. The van der Waals surface area contributed by atoms with Crippen molar-refractivity contribution in [3.8, 4) is 55.6 Å². The number of hydrogen-bond donors (Lipinski definition) is 0. The second-order valence-corrected chi connectivity index (χ2v) is 19.1. The molecule has 0 fully saturated rings. The lowest BCUT2D eigenvalue weighted by molar-refractivity contribution is 0.714. The van der Waals surface area contributed by atoms with Gasteiger partial charge in [-0.15, -0.1) is 11.3 Å². The molecule has 2 heteroatoms. The van der Waals surface area contributed by atoms with Gasteiger partial charge in [-0.3, -0.25) is 0 Å². The fraction of sp³-hybridized carbons (Fsp3) is 0.0303. The van der Waals surface area contributed by atoms with Crippen molar-refractivity contribution in [3.63, 3.8) is 0 Å². The average molecular weight is 884 g/mol. The molecule has 13 rings (SSSR count). The van der Waals surface area contributed by atoms with E-state index in [0.29, 0.717) is 0 Å². The van der Waals surface area contributed by atoms with Gasteiger partial charge >= 0.3 is 0 Å². The summed E-state index contributed by atoms with van der Waals surface area (Å²) >= 11 is 1.88. The van der Waals surface area contributed by atoms with Gasteiger partial charge in [0.25, 0.3) is 0 Å². The van der Waals surface area contributed by atoms with E-state index in [4.69, 9.17) is 0 Å². The molecule has 12 aromatic rings. The number of anilines is 3. The lowest BCUT2D eigenvalue weighted by atomic mass is 9.74. The van der Waals surface area contributed by atoms with E-state index in [1.807, 2.05) is 11.3 Å². The Morgan fingerprint density at radius 1 is 0.353 bits per heavy atom. The Morgan fingerprint density at radius 3 is 1.74 bits per heavy atom. The number of rotatable bonds is 8. The van der Waals surface area contributed by atoms with Crippen molar-refractivity contribution in [1.29, 1.82) is 0 Å². The van der Waals surface area contributed by atoms with Crippen LogP contribution in [0.25, 0.3) is 86.6 Å². The van der Waals surface area contributed by atoms with Crippen LogP contribution >= 0.6 is 11.3 Å². The maximum Gasteiger partial charge on any atom is 0.0540 e. The first-order chi connectivity index (χ1) is 33.6. The third kappa shape index (κ3) is 6.37. The van der Waals surface area contributed by atoms with Crippen LogP contribution in [0.3, 0.4) is 0 Å². The standard InChI is InChI=1S/C66H45NS/c1-66(48-25-6-3-7-26-48)59-36-12-8-29-53(59)54-41-40-47(43-60(54)66)50-28-9-13-37-61(50)67(49-27-16-24-46(42-49)52-33-19-35-58-56-31-11-15-39-63(56)68-65(52)58)62-38-14-10-30-55(62)57-34-18-23-45-22-17-32-51(64(45)57)44-20-4-2-5-21-44/h2-43H,1H3. The molecule has 1 aliphatic rings. The van der Waals surface area contributed by atoms with E-state index in [-0.39, 0.29) is 5.41 Å². The van der Waals surface area contributed by atoms with Crippen LogP contribution in [-0.4, -0.2) is 0 Å². The van der Waals surface area contributed by atoms with Crippen LogP contribution in [0.15, 0.2) is 255 Å². The van der Waals surface area contributed by atoms with Gasteiger partial charge in [0, 0.05) is 42.4 Å². The quantitative estimate of drug-likeness (QED) is 0.147. The van der Waals surface area contributed by atoms with E-state index in [2.05, 4.69) is 267 Å². The highest BCUT2D eigenvalue weighted by Crippen LogP contribution is 2.54. The molecular weight excluding hydrogens is 839 g/mol. The van der Waals surface area contributed by atoms with Crippen LogP contribution in [-0.2, 0) is 5.41 Å². The fourth-order valence-electron chi connectivity index (χ4n) is 11.2. The smallest absolute Gasteiger partial charge is 0.0540 e. The molecule has 1 unspecified atom stereocenters. The SMILES string of the molecule is CC1(c2ccccc2)c2ccccc2-c2ccc(-c3ccccc3N(c3cccc(-c4cccc5c4sc4ccccc45)c3)c3ccccc3-c3cccc4cccc(-c5ccccc5)c34)cc21. The minimum atomic E-state index is -0.322. The monoisotopic (exact) mass is 883 g/mol. The molecule has 0 saturated carbocycles. The Hall–Kier alpha value is -8.30. The number of para-hydroxylation sites is 2. The summed E-state index contributed by atoms with van der Waals surface area (Å²) in [6, 6.07) is 94.2. The van der Waals surface area contributed by atoms with Gasteiger partial charge in [0.2, 0.25) is 0 Å². The van der Waals surface area contributed by atoms with E-state index >= 15 is 0 Å². The first-order valence-electron chi connectivity index (χ1n) is 23.5. The highest BCUT2D eigenvalue weighted by atomic mass is 32.1. The van der Waals surface area contributed by atoms with Crippen LogP contribution in [0.2, 0.25) is 0 Å². The van der Waals surface area contributed by atoms with Gasteiger partial charge in [-0.2, -0.15) is 0 Å². The average Bonchev–Trinajstić information content (AvgIpc) is 3.92. The van der Waals surface area contributed by atoms with Crippen LogP contribution in [0, 0.1) is 0 Å². The molecule has 320 valence electrons. The number of benzene rings is 11. The molecule has 0 spiro atoms. The number of nitrogens with zero attached hydrogens (tertiary/aromatic N) is 1. The highest BCUT2D eigenvalue weighted by Gasteiger charge is 2.41. The fourth-order valence-corrected chi connectivity index (χ4v) is 12.4. The Morgan fingerprint density at radius 2 is 0.912 bits per heavy atom. The van der Waals surface area contributed by atoms with E-state index in [1.165, 1.54) is 92.1 Å². The van der Waals surface area contributed by atoms with Crippen molar-refractivity contribution in [3.05, 3.63) is 271 Å². The van der Waals surface area contributed by atoms with Crippen molar-refractivity contribution in [2.45, 2.75) is 12.3 Å². The first-order valence-corrected chi connectivity index (χ1v) is 24.3. The molecule has 1 aromatic heterocycles. The summed E-state index contributed by atoms with van der Waals surface area (Å²) in [5, 5.41) is 5.06. The zero-order chi connectivity index (χ0) is 45.2. The molecule has 1 aliphatic carbocycles. The zero-order valence-corrected chi connectivity index (χ0v) is 38.4. The molecule has 1 heterocycles. The molecule has 11 aromatic carbocycles. The molecule has 0 N–H and O–H groups in total. The molecule has 0 amide bonds. The van der Waals surface area contributed by atoms with E-state index in [9.17, 15) is 0 Å². The van der Waals surface area contributed by atoms with Gasteiger partial charge in [0.05, 0.1) is 11.4 Å². The topological polar surface area (TPSA) is 3.24 Å². The Labute approximate surface area is 401 Å². The minimum absolute atomic E-state index is 0.322. The summed E-state index contributed by atoms with van der Waals surface area (Å²) in [5.41, 5.74) is 19.1. The number of hydrogen-bond acceptors (Lipinski definition) is 2. The van der Waals surface area contributed by atoms with Gasteiger partial charge in [-0.05, 0) is 115 Å². The third-order valence-corrected chi connectivity index (χ3v) is 15.6. The maximum atomic E-state index is 2.52. The molecule has 0 radical (unpaired) electrons. The highest BCUT2D eigenvalue weighted by molar-refractivity contribution is 7.26. The predicted octanol–water partition coefficient (Wildman–Crippen LogP) is 18.7. The number of fused-ring (bicyclic) bond motifs is 7. The summed E-state index contributed by atoms with van der Waals surface area (Å²) in [7, 11) is 0. The van der Waals surface area contributed by atoms with Crippen molar-refractivity contribution in [2.75, 3.05) is 4.90 Å². The van der Waals surface area contributed by atoms with Gasteiger partial charge in [0.15, 0.2) is 0 Å². The van der Waals surface area contributed by atoms with Gasteiger partial charge in [-0.25, -0.2) is 0 Å². The van der Waals surface area contributed by atoms with Crippen molar-refractivity contribution in [2.24, 2.45) is 0 Å². The van der Waals surface area contributed by atoms with Crippen molar-refractivity contribution >= 4 is 59.3 Å². The predicted molar refractivity (Wildman–Crippen MR) is 291 cm³/mol. The normalized spacial score (nSPS) is 14.0. The Bertz CT molecular complexity index is 3880. The number of thiophene rings is 1. The van der Waals surface area contributed by atoms with Gasteiger partial charge < -0.3 is 4.90 Å². The molecule has 1 atom stereocenters. The van der Waals surface area contributed by atoms with Crippen molar-refractivity contribution in [1.82, 2.24) is 0 Å². The second-order valence-electron chi connectivity index (χ2n) is 18.1. The Balaban J connectivity index is 1.05. The van der Waals surface area contributed by atoms with Crippen molar-refractivity contribution < 1.29 is 0 Å². The summed E-state index contributed by atoms with van der Waals surface area (Å²) in [6.45, 7) is 2.40. The van der Waals surface area contributed by atoms with Gasteiger partial charge in [0.1, 0.15) is 0 Å². The first kappa shape index (κ1) is 40.0. The largest absolute Gasteiger partial charge is 0.309 e. The summed E-state index contributed by atoms with van der Waals surface area (Å²) < 4.78 is 2.62.